The van der Waals surface area contributed by atoms with Gasteiger partial charge in [0.15, 0.2) is 0 Å². The highest BCUT2D eigenvalue weighted by molar-refractivity contribution is 5.95. The Kier molecular flexibility index (Phi) is 15.1. The number of halogens is 2. The first kappa shape index (κ1) is 38.9. The lowest BCUT2D eigenvalue weighted by molar-refractivity contribution is -0.143. The van der Waals surface area contributed by atoms with Crippen LogP contribution in [-0.2, 0) is 16.1 Å². The van der Waals surface area contributed by atoms with E-state index >= 15 is 0 Å². The minimum Gasteiger partial charge on any atom is -0.333 e. The number of hydrogen-bond acceptors (Lipinski definition) is 5. The first-order chi connectivity index (χ1) is 22.4. The van der Waals surface area contributed by atoms with Crippen LogP contribution in [0.15, 0.2) is 67.0 Å². The number of aryl methyl sites for hydroxylation is 1. The fourth-order valence-corrected chi connectivity index (χ4v) is 4.95. The van der Waals surface area contributed by atoms with Gasteiger partial charge in [0.05, 0.1) is 16.6 Å². The molecule has 47 heavy (non-hydrogen) atoms. The second kappa shape index (κ2) is 18.2. The maximum Gasteiger partial charge on any atom is 0.242 e. The molecule has 1 aliphatic heterocycles. The van der Waals surface area contributed by atoms with Crippen LogP contribution in [0, 0.1) is 24.0 Å². The van der Waals surface area contributed by atoms with E-state index in [1.165, 1.54) is 18.2 Å². The minimum atomic E-state index is -0.615. The number of benzene rings is 1. The van der Waals surface area contributed by atoms with Gasteiger partial charge in [0.2, 0.25) is 11.8 Å². The summed E-state index contributed by atoms with van der Waals surface area (Å²) in [6.07, 6.45) is 12.8. The third-order valence-corrected chi connectivity index (χ3v) is 7.81. The van der Waals surface area contributed by atoms with E-state index in [0.29, 0.717) is 25.2 Å². The Balaban J connectivity index is 0.000000547. The van der Waals surface area contributed by atoms with E-state index in [-0.39, 0.29) is 17.9 Å². The first-order valence-electron chi connectivity index (χ1n) is 16.4. The lowest BCUT2D eigenvalue weighted by Gasteiger charge is -2.42. The molecule has 2 atom stereocenters. The summed E-state index contributed by atoms with van der Waals surface area (Å²) in [5, 5.41) is 6.32. The van der Waals surface area contributed by atoms with Gasteiger partial charge < -0.3 is 15.5 Å². The Hall–Kier alpha value is -4.24. The molecule has 1 fully saturated rings. The molecule has 2 amide bonds. The number of amides is 2. The van der Waals surface area contributed by atoms with Crippen molar-refractivity contribution >= 4 is 29.8 Å². The number of fused-ring (bicyclic) bond motifs is 1. The Morgan fingerprint density at radius 2 is 1.62 bits per heavy atom. The van der Waals surface area contributed by atoms with E-state index in [0.717, 1.165) is 35.0 Å². The normalized spacial score (nSPS) is 20.9. The molecule has 7 nitrogen and oxygen atoms in total. The van der Waals surface area contributed by atoms with Crippen LogP contribution in [0.5, 0.6) is 0 Å². The smallest absolute Gasteiger partial charge is 0.242 e. The number of rotatable bonds is 4. The van der Waals surface area contributed by atoms with Crippen molar-refractivity contribution in [1.82, 2.24) is 20.2 Å². The van der Waals surface area contributed by atoms with Gasteiger partial charge in [-0.25, -0.2) is 13.8 Å². The van der Waals surface area contributed by atoms with Crippen molar-refractivity contribution in [2.24, 2.45) is 5.41 Å². The predicted octanol–water partition coefficient (Wildman–Crippen LogP) is 8.37. The molecule has 1 aliphatic carbocycles. The van der Waals surface area contributed by atoms with Crippen molar-refractivity contribution < 1.29 is 18.4 Å². The van der Waals surface area contributed by atoms with Crippen molar-refractivity contribution in [3.63, 3.8) is 0 Å². The molecule has 1 aromatic carbocycles. The van der Waals surface area contributed by atoms with E-state index in [4.69, 9.17) is 0 Å². The highest BCUT2D eigenvalue weighted by Crippen LogP contribution is 2.32. The quantitative estimate of drug-likeness (QED) is 0.297. The minimum absolute atomic E-state index is 0.0537. The standard InChI is InChI=1S/C28H35N5O2.C6H4F2.2C2H6/c1-19-9-8-14-29-24(19)32-25(34)28(5)12-6-10-22-15-21(17-30-23(22)11-7-13-28)18-33-20(2)16-31-27(3,4)26(33)35;7-5-2-1-3-6(8)4-5;2*1-2/h6-11,14-15,17,20,31H,12-13,16,18H2,1-5H3,(H,29,32,34);1-4H;2*1-2H3/b10-6+,11-7+;;;. The van der Waals surface area contributed by atoms with Crippen LogP contribution in [0.2, 0.25) is 0 Å². The van der Waals surface area contributed by atoms with Gasteiger partial charge in [-0.2, -0.15) is 0 Å². The molecule has 2 aliphatic rings. The Morgan fingerprint density at radius 3 is 2.21 bits per heavy atom. The van der Waals surface area contributed by atoms with Crippen molar-refractivity contribution in [2.45, 2.75) is 93.3 Å². The third-order valence-electron chi connectivity index (χ3n) is 7.81. The average Bonchev–Trinajstić information content (AvgIpc) is 3.13. The van der Waals surface area contributed by atoms with Crippen LogP contribution in [-0.4, -0.2) is 44.8 Å². The van der Waals surface area contributed by atoms with Gasteiger partial charge in [0.25, 0.3) is 0 Å². The van der Waals surface area contributed by atoms with Crippen molar-refractivity contribution in [3.8, 4) is 0 Å². The molecule has 3 heterocycles. The summed E-state index contributed by atoms with van der Waals surface area (Å²) in [4.78, 5) is 37.1. The largest absolute Gasteiger partial charge is 0.333 e. The van der Waals surface area contributed by atoms with Gasteiger partial charge in [0, 0.05) is 43.2 Å². The second-order valence-corrected chi connectivity index (χ2v) is 11.9. The number of piperazine rings is 1. The maximum atomic E-state index is 13.2. The summed E-state index contributed by atoms with van der Waals surface area (Å²) in [5.74, 6) is -0.432. The van der Waals surface area contributed by atoms with Gasteiger partial charge in [-0.05, 0) is 82.0 Å². The van der Waals surface area contributed by atoms with Gasteiger partial charge >= 0.3 is 0 Å². The van der Waals surface area contributed by atoms with Gasteiger partial charge in [-0.1, -0.05) is 65.0 Å². The molecule has 2 N–H and O–H groups in total. The number of hydrogen-bond donors (Lipinski definition) is 2. The molecule has 2 unspecified atom stereocenters. The molecule has 0 spiro atoms. The Labute approximate surface area is 279 Å². The molecule has 9 heteroatoms. The number of pyridine rings is 2. The summed E-state index contributed by atoms with van der Waals surface area (Å²) in [5.41, 5.74) is 2.58. The SMILES string of the molecule is CC.CC.Cc1cccnc1NC(=O)C1(C)C/C=C/c2cc(CN3C(=O)C(C)(C)NCC3C)cnc2/C=C/C1.Fc1cccc(F)c1. The molecule has 254 valence electrons. The number of allylic oxidation sites excluding steroid dienone is 2. The summed E-state index contributed by atoms with van der Waals surface area (Å²) in [6.45, 7) is 19.1. The molecule has 1 saturated heterocycles. The zero-order valence-electron chi connectivity index (χ0n) is 29.3. The summed E-state index contributed by atoms with van der Waals surface area (Å²) in [7, 11) is 0. The van der Waals surface area contributed by atoms with Crippen molar-refractivity contribution in [3.05, 3.63) is 101 Å². The second-order valence-electron chi connectivity index (χ2n) is 11.9. The highest BCUT2D eigenvalue weighted by Gasteiger charge is 2.38. The van der Waals surface area contributed by atoms with Crippen LogP contribution in [0.1, 0.15) is 90.6 Å². The van der Waals surface area contributed by atoms with Crippen molar-refractivity contribution in [2.75, 3.05) is 11.9 Å². The van der Waals surface area contributed by atoms with Gasteiger partial charge in [0.1, 0.15) is 17.5 Å². The number of nitrogens with zero attached hydrogens (tertiary/aromatic N) is 3. The first-order valence-corrected chi connectivity index (χ1v) is 16.4. The molecular weight excluding hydrogens is 596 g/mol. The van der Waals surface area contributed by atoms with E-state index in [1.54, 1.807) is 6.20 Å². The summed E-state index contributed by atoms with van der Waals surface area (Å²) >= 11 is 0. The van der Waals surface area contributed by atoms with Crippen LogP contribution in [0.4, 0.5) is 14.6 Å². The maximum absolute atomic E-state index is 13.2. The van der Waals surface area contributed by atoms with Crippen molar-refractivity contribution in [1.29, 1.82) is 0 Å². The molecule has 5 rings (SSSR count). The molecule has 0 radical (unpaired) electrons. The van der Waals surface area contributed by atoms with E-state index in [2.05, 4.69) is 33.6 Å². The van der Waals surface area contributed by atoms with Crippen LogP contribution < -0.4 is 10.6 Å². The molecule has 0 saturated carbocycles. The third kappa shape index (κ3) is 10.9. The predicted molar refractivity (Wildman–Crippen MR) is 188 cm³/mol. The number of nitrogens with one attached hydrogen (secondary N) is 2. The summed E-state index contributed by atoms with van der Waals surface area (Å²) in [6, 6.07) is 10.5. The number of carbonyl (C=O) groups excluding carboxylic acids is 2. The topological polar surface area (TPSA) is 87.2 Å². The van der Waals surface area contributed by atoms with Crippen LogP contribution in [0.3, 0.4) is 0 Å². The fraction of sp³-hybridized carbons (Fsp3) is 0.421. The van der Waals surface area contributed by atoms with E-state index in [1.807, 2.05) is 103 Å². The zero-order valence-corrected chi connectivity index (χ0v) is 29.3. The van der Waals surface area contributed by atoms with Gasteiger partial charge in [-0.3, -0.25) is 14.6 Å². The Bertz CT molecular complexity index is 1520. The van der Waals surface area contributed by atoms with Crippen LogP contribution in [0.25, 0.3) is 12.2 Å². The highest BCUT2D eigenvalue weighted by atomic mass is 19.1. The summed E-state index contributed by atoms with van der Waals surface area (Å²) < 4.78 is 23.9. The lowest BCUT2D eigenvalue weighted by Crippen LogP contribution is -2.64. The monoisotopic (exact) mass is 647 g/mol. The van der Waals surface area contributed by atoms with E-state index < -0.39 is 22.6 Å². The Morgan fingerprint density at radius 1 is 0.979 bits per heavy atom. The number of carbonyl (C=O) groups is 2. The zero-order chi connectivity index (χ0) is 35.2. The molecule has 3 aromatic rings. The molecular formula is C38H51F2N5O2. The average molecular weight is 648 g/mol. The molecule has 0 bridgehead atoms. The fourth-order valence-electron chi connectivity index (χ4n) is 4.95. The van der Waals surface area contributed by atoms with Crippen LogP contribution >= 0.6 is 0 Å². The van der Waals surface area contributed by atoms with E-state index in [9.17, 15) is 18.4 Å². The molecule has 2 aromatic heterocycles. The lowest BCUT2D eigenvalue weighted by atomic mass is 9.82. The van der Waals surface area contributed by atoms with Gasteiger partial charge in [-0.15, -0.1) is 0 Å². The number of anilines is 1. The number of aromatic nitrogens is 2.